The standard InChI is InChI=1S/C21H19NO3S/c1-16-4-5-17(2)22(16)26(23,24)21-14-10-19(11-15-21)7-6-18-8-12-20(25-3)13-9-18/h4-5,8-15H,1-3H3. The van der Waals surface area contributed by atoms with E-state index in [0.717, 1.165) is 16.9 Å². The fourth-order valence-corrected chi connectivity index (χ4v) is 4.24. The predicted octanol–water partition coefficient (Wildman–Crippen LogP) is 3.75. The van der Waals surface area contributed by atoms with Crippen molar-refractivity contribution >= 4 is 10.0 Å². The Balaban J connectivity index is 1.86. The van der Waals surface area contributed by atoms with Gasteiger partial charge in [0, 0.05) is 22.5 Å². The van der Waals surface area contributed by atoms with Crippen molar-refractivity contribution in [2.24, 2.45) is 0 Å². The Morgan fingerprint density at radius 2 is 1.23 bits per heavy atom. The normalized spacial score (nSPS) is 10.9. The zero-order valence-electron chi connectivity index (χ0n) is 14.9. The fraction of sp³-hybridized carbons (Fsp3) is 0.143. The molecule has 0 saturated carbocycles. The van der Waals surface area contributed by atoms with Gasteiger partial charge in [-0.05, 0) is 74.5 Å². The lowest BCUT2D eigenvalue weighted by Gasteiger charge is -2.10. The summed E-state index contributed by atoms with van der Waals surface area (Å²) in [6, 6.07) is 17.7. The average molecular weight is 365 g/mol. The summed E-state index contributed by atoms with van der Waals surface area (Å²) in [4.78, 5) is 0.245. The molecule has 0 aliphatic heterocycles. The van der Waals surface area contributed by atoms with Gasteiger partial charge in [0.25, 0.3) is 10.0 Å². The lowest BCUT2D eigenvalue weighted by molar-refractivity contribution is 0.415. The molecule has 0 saturated heterocycles. The van der Waals surface area contributed by atoms with Gasteiger partial charge in [0.2, 0.25) is 0 Å². The van der Waals surface area contributed by atoms with Gasteiger partial charge in [-0.2, -0.15) is 0 Å². The Morgan fingerprint density at radius 1 is 0.769 bits per heavy atom. The monoisotopic (exact) mass is 365 g/mol. The van der Waals surface area contributed by atoms with Crippen LogP contribution in [0.1, 0.15) is 22.5 Å². The molecule has 0 N–H and O–H groups in total. The maximum Gasteiger partial charge on any atom is 0.268 e. The molecule has 0 unspecified atom stereocenters. The van der Waals surface area contributed by atoms with Crippen molar-refractivity contribution < 1.29 is 13.2 Å². The summed E-state index contributed by atoms with van der Waals surface area (Å²) in [5, 5.41) is 0. The Bertz CT molecular complexity index is 1060. The summed E-state index contributed by atoms with van der Waals surface area (Å²) in [5.74, 6) is 6.88. The van der Waals surface area contributed by atoms with Crippen molar-refractivity contribution in [2.75, 3.05) is 7.11 Å². The molecular formula is C21H19NO3S. The van der Waals surface area contributed by atoms with Crippen LogP contribution in [-0.4, -0.2) is 19.5 Å². The first-order valence-corrected chi connectivity index (χ1v) is 9.52. The van der Waals surface area contributed by atoms with Crippen LogP contribution >= 0.6 is 0 Å². The first-order valence-electron chi connectivity index (χ1n) is 8.08. The molecule has 5 heteroatoms. The first kappa shape index (κ1) is 17.8. The molecule has 0 radical (unpaired) electrons. The van der Waals surface area contributed by atoms with Crippen LogP contribution in [0.4, 0.5) is 0 Å². The van der Waals surface area contributed by atoms with E-state index in [2.05, 4.69) is 11.8 Å². The summed E-state index contributed by atoms with van der Waals surface area (Å²) in [7, 11) is -1.98. The molecule has 0 aliphatic carbocycles. The van der Waals surface area contributed by atoms with Crippen LogP contribution in [0.5, 0.6) is 5.75 Å². The van der Waals surface area contributed by atoms with Crippen LogP contribution < -0.4 is 4.74 Å². The number of aryl methyl sites for hydroxylation is 2. The molecule has 0 spiro atoms. The van der Waals surface area contributed by atoms with Crippen LogP contribution in [-0.2, 0) is 10.0 Å². The first-order chi connectivity index (χ1) is 12.4. The molecule has 0 aliphatic rings. The lowest BCUT2D eigenvalue weighted by Crippen LogP contribution is -2.15. The van der Waals surface area contributed by atoms with Crippen LogP contribution in [0, 0.1) is 25.7 Å². The number of hydrogen-bond acceptors (Lipinski definition) is 3. The van der Waals surface area contributed by atoms with Gasteiger partial charge in [-0.15, -0.1) is 0 Å². The average Bonchev–Trinajstić information content (AvgIpc) is 3.00. The van der Waals surface area contributed by atoms with Gasteiger partial charge in [0.1, 0.15) is 5.75 Å². The molecule has 0 amide bonds. The number of hydrogen-bond donors (Lipinski definition) is 0. The van der Waals surface area contributed by atoms with Gasteiger partial charge >= 0.3 is 0 Å². The molecule has 1 heterocycles. The van der Waals surface area contributed by atoms with Gasteiger partial charge in [-0.1, -0.05) is 11.8 Å². The van der Waals surface area contributed by atoms with Crippen LogP contribution in [0.3, 0.4) is 0 Å². The molecule has 4 nitrogen and oxygen atoms in total. The van der Waals surface area contributed by atoms with Crippen LogP contribution in [0.15, 0.2) is 65.6 Å². The zero-order chi connectivity index (χ0) is 18.7. The quantitative estimate of drug-likeness (QED) is 0.664. The van der Waals surface area contributed by atoms with Crippen molar-refractivity contribution in [2.45, 2.75) is 18.7 Å². The zero-order valence-corrected chi connectivity index (χ0v) is 15.7. The van der Waals surface area contributed by atoms with E-state index in [0.29, 0.717) is 11.4 Å². The highest BCUT2D eigenvalue weighted by atomic mass is 32.2. The summed E-state index contributed by atoms with van der Waals surface area (Å²) in [6.45, 7) is 3.55. The van der Waals surface area contributed by atoms with Gasteiger partial charge < -0.3 is 4.74 Å². The lowest BCUT2D eigenvalue weighted by atomic mass is 10.2. The van der Waals surface area contributed by atoms with Crippen molar-refractivity contribution in [3.8, 4) is 17.6 Å². The summed E-state index contributed by atoms with van der Waals surface area (Å²) in [6.07, 6.45) is 0. The van der Waals surface area contributed by atoms with Crippen LogP contribution in [0.25, 0.3) is 0 Å². The number of aromatic nitrogens is 1. The number of benzene rings is 2. The highest BCUT2D eigenvalue weighted by Gasteiger charge is 2.19. The summed E-state index contributed by atoms with van der Waals surface area (Å²) < 4.78 is 32.1. The van der Waals surface area contributed by atoms with Gasteiger partial charge in [-0.3, -0.25) is 0 Å². The largest absolute Gasteiger partial charge is 0.497 e. The van der Waals surface area contributed by atoms with Crippen LogP contribution in [0.2, 0.25) is 0 Å². The number of methoxy groups -OCH3 is 1. The van der Waals surface area contributed by atoms with Crippen molar-refractivity contribution in [3.63, 3.8) is 0 Å². The maximum absolute atomic E-state index is 12.8. The Kier molecular flexibility index (Phi) is 4.88. The Labute approximate surface area is 154 Å². The Hall–Kier alpha value is -2.97. The molecule has 2 aromatic carbocycles. The van der Waals surface area contributed by atoms with E-state index in [4.69, 9.17) is 4.74 Å². The third-order valence-electron chi connectivity index (χ3n) is 4.04. The SMILES string of the molecule is COc1ccc(C#Cc2ccc(S(=O)(=O)n3c(C)ccc3C)cc2)cc1. The third-order valence-corrected chi connectivity index (χ3v) is 5.96. The molecule has 3 rings (SSSR count). The molecule has 0 bridgehead atoms. The summed E-state index contributed by atoms with van der Waals surface area (Å²) >= 11 is 0. The molecule has 0 fully saturated rings. The minimum Gasteiger partial charge on any atom is -0.497 e. The molecule has 132 valence electrons. The van der Waals surface area contributed by atoms with Gasteiger partial charge in [-0.25, -0.2) is 12.4 Å². The predicted molar refractivity (Wildman–Crippen MR) is 102 cm³/mol. The van der Waals surface area contributed by atoms with E-state index < -0.39 is 10.0 Å². The smallest absolute Gasteiger partial charge is 0.268 e. The van der Waals surface area contributed by atoms with E-state index in [-0.39, 0.29) is 4.90 Å². The van der Waals surface area contributed by atoms with Gasteiger partial charge in [0.05, 0.1) is 12.0 Å². The molecular weight excluding hydrogens is 346 g/mol. The minimum absolute atomic E-state index is 0.245. The second-order valence-corrected chi connectivity index (χ2v) is 7.68. The van der Waals surface area contributed by atoms with E-state index >= 15 is 0 Å². The number of nitrogens with zero attached hydrogens (tertiary/aromatic N) is 1. The minimum atomic E-state index is -3.59. The third kappa shape index (κ3) is 3.51. The number of rotatable bonds is 3. The fourth-order valence-electron chi connectivity index (χ4n) is 2.67. The second kappa shape index (κ2) is 7.11. The van der Waals surface area contributed by atoms with Gasteiger partial charge in [0.15, 0.2) is 0 Å². The maximum atomic E-state index is 12.8. The Morgan fingerprint density at radius 3 is 1.69 bits per heavy atom. The van der Waals surface area contributed by atoms with E-state index in [1.165, 1.54) is 3.97 Å². The van der Waals surface area contributed by atoms with Crippen molar-refractivity contribution in [3.05, 3.63) is 83.2 Å². The highest BCUT2D eigenvalue weighted by Crippen LogP contribution is 2.19. The highest BCUT2D eigenvalue weighted by molar-refractivity contribution is 7.90. The molecule has 1 aromatic heterocycles. The van der Waals surface area contributed by atoms with E-state index in [1.54, 1.807) is 57.4 Å². The second-order valence-electron chi connectivity index (χ2n) is 5.89. The van der Waals surface area contributed by atoms with Crippen molar-refractivity contribution in [1.29, 1.82) is 0 Å². The summed E-state index contributed by atoms with van der Waals surface area (Å²) in [5.41, 5.74) is 2.98. The molecule has 26 heavy (non-hydrogen) atoms. The van der Waals surface area contributed by atoms with Crippen molar-refractivity contribution in [1.82, 2.24) is 3.97 Å². The topological polar surface area (TPSA) is 48.3 Å². The molecule has 3 aromatic rings. The number of ether oxygens (including phenoxy) is 1. The molecule has 0 atom stereocenters. The van der Waals surface area contributed by atoms with E-state index in [9.17, 15) is 8.42 Å². The van der Waals surface area contributed by atoms with E-state index in [1.807, 2.05) is 24.3 Å².